The zero-order valence-corrected chi connectivity index (χ0v) is 25.0. The second kappa shape index (κ2) is 12.6. The lowest BCUT2D eigenvalue weighted by atomic mass is 9.85. The van der Waals surface area contributed by atoms with Gasteiger partial charge in [-0.15, -0.1) is 0 Å². The van der Waals surface area contributed by atoms with Crippen LogP contribution in [0.25, 0.3) is 21.2 Å². The molecule has 1 atom stereocenters. The molecule has 206 valence electrons. The molecular weight excluding hydrogens is 604 g/mol. The Kier molecular flexibility index (Phi) is 8.26. The molecule has 0 bridgehead atoms. The summed E-state index contributed by atoms with van der Waals surface area (Å²) in [6.07, 6.45) is 0.398. The Morgan fingerprint density at radius 2 is 1.36 bits per heavy atom. The summed E-state index contributed by atoms with van der Waals surface area (Å²) < 4.78 is 1.80. The molecule has 0 amide bonds. The molecule has 0 unspecified atom stereocenters. The Morgan fingerprint density at radius 1 is 0.762 bits per heavy atom. The molecule has 0 saturated carbocycles. The first-order valence-corrected chi connectivity index (χ1v) is 15.2. The first-order valence-electron chi connectivity index (χ1n) is 13.6. The summed E-state index contributed by atoms with van der Waals surface area (Å²) in [5.74, 6) is -0.415. The Bertz CT molecular complexity index is 1900. The smallest absolute Gasteiger partial charge is 0.195 e. The SMILES string of the molecule is O=c1c([C@@H](C/C(=N\Nc2ccccc2)c2ccc(-c3ccc(Br)cc3)cc2)c2ccccc2)c(O)sc2ccccc12. The highest BCUT2D eigenvalue weighted by Crippen LogP contribution is 2.38. The van der Waals surface area contributed by atoms with E-state index < -0.39 is 5.92 Å². The van der Waals surface area contributed by atoms with Crippen molar-refractivity contribution in [1.29, 1.82) is 0 Å². The second-order valence-corrected chi connectivity index (χ2v) is 11.9. The molecular formula is C36H27BrN2O2S. The van der Waals surface area contributed by atoms with Gasteiger partial charge in [0.1, 0.15) is 0 Å². The first-order chi connectivity index (χ1) is 20.6. The van der Waals surface area contributed by atoms with Crippen LogP contribution in [0.2, 0.25) is 0 Å². The highest BCUT2D eigenvalue weighted by Gasteiger charge is 2.26. The van der Waals surface area contributed by atoms with Gasteiger partial charge in [0.2, 0.25) is 0 Å². The summed E-state index contributed by atoms with van der Waals surface area (Å²) >= 11 is 4.74. The molecule has 0 aliphatic rings. The van der Waals surface area contributed by atoms with Crippen LogP contribution < -0.4 is 10.9 Å². The van der Waals surface area contributed by atoms with Crippen molar-refractivity contribution in [2.24, 2.45) is 5.10 Å². The average Bonchev–Trinajstić information content (AvgIpc) is 3.03. The molecule has 6 aromatic rings. The molecule has 1 aromatic heterocycles. The van der Waals surface area contributed by atoms with Crippen molar-refractivity contribution < 1.29 is 5.11 Å². The number of nitrogens with one attached hydrogen (secondary N) is 1. The quantitative estimate of drug-likeness (QED) is 0.130. The van der Waals surface area contributed by atoms with Crippen molar-refractivity contribution in [1.82, 2.24) is 0 Å². The van der Waals surface area contributed by atoms with E-state index in [1.54, 1.807) is 0 Å². The van der Waals surface area contributed by atoms with Gasteiger partial charge >= 0.3 is 0 Å². The highest BCUT2D eigenvalue weighted by molar-refractivity contribution is 9.10. The minimum Gasteiger partial charge on any atom is -0.499 e. The van der Waals surface area contributed by atoms with Gasteiger partial charge < -0.3 is 5.11 Å². The number of hydrazone groups is 1. The predicted octanol–water partition coefficient (Wildman–Crippen LogP) is 9.43. The van der Waals surface area contributed by atoms with Crippen LogP contribution in [0, 0.1) is 0 Å². The van der Waals surface area contributed by atoms with E-state index in [0.29, 0.717) is 17.4 Å². The molecule has 2 N–H and O–H groups in total. The van der Waals surface area contributed by atoms with E-state index in [1.165, 1.54) is 11.3 Å². The number of aromatic hydroxyl groups is 1. The zero-order chi connectivity index (χ0) is 28.9. The number of anilines is 1. The molecule has 0 radical (unpaired) electrons. The minimum atomic E-state index is -0.415. The fourth-order valence-electron chi connectivity index (χ4n) is 5.09. The number of halogens is 1. The molecule has 0 aliphatic heterocycles. The third-order valence-electron chi connectivity index (χ3n) is 7.25. The van der Waals surface area contributed by atoms with E-state index in [2.05, 4.69) is 57.8 Å². The maximum Gasteiger partial charge on any atom is 0.195 e. The van der Waals surface area contributed by atoms with Crippen LogP contribution in [-0.4, -0.2) is 10.8 Å². The van der Waals surface area contributed by atoms with Crippen molar-refractivity contribution in [3.8, 4) is 16.2 Å². The standard InChI is InChI=1S/C36H27BrN2O2S/c37-28-21-19-25(20-22-28)24-15-17-27(18-16-24)32(39-38-29-11-5-2-6-12-29)23-31(26-9-3-1-4-10-26)34-35(40)30-13-7-8-14-33(30)42-36(34)41/h1-22,31,38,41H,23H2/b39-32+/t31-/m0/s1. The number of hydrogen-bond acceptors (Lipinski definition) is 5. The molecule has 5 aromatic carbocycles. The summed E-state index contributed by atoms with van der Waals surface area (Å²) in [7, 11) is 0. The van der Waals surface area contributed by atoms with Crippen LogP contribution in [0.5, 0.6) is 5.06 Å². The van der Waals surface area contributed by atoms with Gasteiger partial charge in [0.25, 0.3) is 0 Å². The van der Waals surface area contributed by atoms with Gasteiger partial charge in [-0.2, -0.15) is 5.10 Å². The van der Waals surface area contributed by atoms with Crippen LogP contribution in [0.1, 0.15) is 29.0 Å². The number of rotatable bonds is 8. The van der Waals surface area contributed by atoms with Crippen molar-refractivity contribution in [3.63, 3.8) is 0 Å². The average molecular weight is 632 g/mol. The maximum absolute atomic E-state index is 13.9. The molecule has 1 heterocycles. The van der Waals surface area contributed by atoms with E-state index in [0.717, 1.165) is 42.8 Å². The van der Waals surface area contributed by atoms with Gasteiger partial charge in [0, 0.05) is 26.9 Å². The maximum atomic E-state index is 13.9. The third kappa shape index (κ3) is 6.05. The van der Waals surface area contributed by atoms with Gasteiger partial charge in [0.15, 0.2) is 10.5 Å². The number of fused-ring (bicyclic) bond motifs is 1. The lowest BCUT2D eigenvalue weighted by Gasteiger charge is -2.20. The highest BCUT2D eigenvalue weighted by atomic mass is 79.9. The Hall–Kier alpha value is -4.52. The summed E-state index contributed by atoms with van der Waals surface area (Å²) in [4.78, 5) is 13.9. The van der Waals surface area contributed by atoms with E-state index >= 15 is 0 Å². The molecule has 6 rings (SSSR count). The molecule has 6 heteroatoms. The monoisotopic (exact) mass is 630 g/mol. The Morgan fingerprint density at radius 3 is 2.05 bits per heavy atom. The molecule has 0 saturated heterocycles. The number of nitrogens with zero attached hydrogens (tertiary/aromatic N) is 1. The van der Waals surface area contributed by atoms with E-state index in [9.17, 15) is 9.90 Å². The van der Waals surface area contributed by atoms with Crippen molar-refractivity contribution in [2.45, 2.75) is 12.3 Å². The zero-order valence-electron chi connectivity index (χ0n) is 22.6. The van der Waals surface area contributed by atoms with Gasteiger partial charge in [-0.05, 0) is 58.7 Å². The van der Waals surface area contributed by atoms with Crippen LogP contribution in [-0.2, 0) is 0 Å². The van der Waals surface area contributed by atoms with Gasteiger partial charge in [-0.1, -0.05) is 124 Å². The van der Waals surface area contributed by atoms with Crippen LogP contribution >= 0.6 is 27.3 Å². The molecule has 4 nitrogen and oxygen atoms in total. The largest absolute Gasteiger partial charge is 0.499 e. The fourth-order valence-corrected chi connectivity index (χ4v) is 6.32. The van der Waals surface area contributed by atoms with Gasteiger partial charge in [0.05, 0.1) is 17.0 Å². The van der Waals surface area contributed by atoms with Crippen LogP contribution in [0.3, 0.4) is 0 Å². The molecule has 0 fully saturated rings. The van der Waals surface area contributed by atoms with Crippen LogP contribution in [0.15, 0.2) is 148 Å². The Balaban J connectivity index is 1.45. The third-order valence-corrected chi connectivity index (χ3v) is 8.77. The van der Waals surface area contributed by atoms with E-state index in [4.69, 9.17) is 5.10 Å². The minimum absolute atomic E-state index is 0.0357. The van der Waals surface area contributed by atoms with Crippen molar-refractivity contribution in [2.75, 3.05) is 5.43 Å². The molecule has 42 heavy (non-hydrogen) atoms. The summed E-state index contributed by atoms with van der Waals surface area (Å²) in [5, 5.41) is 16.8. The number of benzene rings is 5. The van der Waals surface area contributed by atoms with Gasteiger partial charge in [-0.25, -0.2) is 0 Å². The number of hydrogen-bond donors (Lipinski definition) is 2. The lowest BCUT2D eigenvalue weighted by molar-refractivity contribution is 0.480. The summed E-state index contributed by atoms with van der Waals surface area (Å²) in [6.45, 7) is 0. The normalized spacial score (nSPS) is 12.3. The molecule has 0 spiro atoms. The first kappa shape index (κ1) is 27.6. The lowest BCUT2D eigenvalue weighted by Crippen LogP contribution is -2.18. The van der Waals surface area contributed by atoms with E-state index in [-0.39, 0.29) is 10.5 Å². The van der Waals surface area contributed by atoms with Crippen molar-refractivity contribution >= 4 is 48.8 Å². The summed E-state index contributed by atoms with van der Waals surface area (Å²) in [5.41, 5.74) is 9.15. The Labute approximate surface area is 256 Å². The topological polar surface area (TPSA) is 61.7 Å². The second-order valence-electron chi connectivity index (χ2n) is 9.93. The van der Waals surface area contributed by atoms with Crippen LogP contribution in [0.4, 0.5) is 5.69 Å². The fraction of sp³-hybridized carbons (Fsp3) is 0.0556. The van der Waals surface area contributed by atoms with Crippen molar-refractivity contribution in [3.05, 3.63) is 165 Å². The molecule has 0 aliphatic carbocycles. The van der Waals surface area contributed by atoms with Gasteiger partial charge in [-0.3, -0.25) is 10.2 Å². The predicted molar refractivity (Wildman–Crippen MR) is 179 cm³/mol. The number of para-hydroxylation sites is 1. The van der Waals surface area contributed by atoms with E-state index in [1.807, 2.05) is 97.1 Å². The summed E-state index contributed by atoms with van der Waals surface area (Å²) in [6, 6.07) is 43.6.